The normalized spacial score (nSPS) is 18.4. The second-order valence-electron chi connectivity index (χ2n) is 12.3. The number of carbonyl (C=O) groups is 2. The van der Waals surface area contributed by atoms with Gasteiger partial charge in [0.25, 0.3) is 0 Å². The van der Waals surface area contributed by atoms with Crippen LogP contribution in [0.5, 0.6) is 0 Å². The number of amides is 1. The van der Waals surface area contributed by atoms with Gasteiger partial charge in [0.1, 0.15) is 0 Å². The van der Waals surface area contributed by atoms with Gasteiger partial charge in [0.05, 0.1) is 50.2 Å². The van der Waals surface area contributed by atoms with Gasteiger partial charge in [0.15, 0.2) is 5.78 Å². The molecule has 3 fully saturated rings. The molecular weight excluding hydrogens is 566 g/mol. The van der Waals surface area contributed by atoms with E-state index in [4.69, 9.17) is 9.47 Å². The van der Waals surface area contributed by atoms with Gasteiger partial charge in [-0.25, -0.2) is 4.68 Å². The number of Topliss-reactive ketones (excluding diaryl/α,β-unsaturated/α-hetero) is 1. The topological polar surface area (TPSA) is 80.1 Å². The van der Waals surface area contributed by atoms with E-state index in [2.05, 4.69) is 14.9 Å². The van der Waals surface area contributed by atoms with Crippen LogP contribution in [-0.2, 0) is 27.1 Å². The van der Waals surface area contributed by atoms with Crippen molar-refractivity contribution in [3.63, 3.8) is 0 Å². The van der Waals surface area contributed by atoms with Crippen LogP contribution in [0.1, 0.15) is 34.3 Å². The van der Waals surface area contributed by atoms with Gasteiger partial charge in [-0.1, -0.05) is 18.2 Å². The van der Waals surface area contributed by atoms with E-state index in [9.17, 15) is 9.59 Å². The number of fused-ring (bicyclic) bond motifs is 1. The summed E-state index contributed by atoms with van der Waals surface area (Å²) in [6.45, 7) is 8.52. The van der Waals surface area contributed by atoms with Crippen molar-refractivity contribution in [2.45, 2.75) is 31.7 Å². The Morgan fingerprint density at radius 1 is 0.711 bits per heavy atom. The zero-order valence-electron chi connectivity index (χ0n) is 25.8. The standard InChI is InChI=1S/C36H41N5O4/c42-35(29-4-8-31(9-5-29)38-15-19-44-20-16-38)24-28-3-10-34-30(23-28)26-37-41(34)33-6-1-27(2-7-33)25-36(43)40-13-11-32(12-14-40)39-17-21-45-22-18-39/h1-10,23,26,32H,11-22,24-25H2. The van der Waals surface area contributed by atoms with Gasteiger partial charge >= 0.3 is 0 Å². The van der Waals surface area contributed by atoms with E-state index in [-0.39, 0.29) is 11.7 Å². The minimum atomic E-state index is 0.0990. The number of aromatic nitrogens is 2. The molecule has 0 atom stereocenters. The minimum absolute atomic E-state index is 0.0990. The van der Waals surface area contributed by atoms with E-state index in [1.807, 2.05) is 82.5 Å². The number of ketones is 1. The summed E-state index contributed by atoms with van der Waals surface area (Å²) in [5.74, 6) is 0.296. The van der Waals surface area contributed by atoms with Gasteiger partial charge < -0.3 is 19.3 Å². The molecule has 1 amide bonds. The summed E-state index contributed by atoms with van der Waals surface area (Å²) in [5.41, 5.74) is 5.74. The quantitative estimate of drug-likeness (QED) is 0.279. The van der Waals surface area contributed by atoms with Crippen LogP contribution in [-0.4, -0.2) is 103 Å². The number of benzene rings is 3. The molecule has 3 aliphatic rings. The Hall–Kier alpha value is -4.05. The zero-order valence-corrected chi connectivity index (χ0v) is 25.8. The highest BCUT2D eigenvalue weighted by Gasteiger charge is 2.27. The highest BCUT2D eigenvalue weighted by atomic mass is 16.5. The maximum Gasteiger partial charge on any atom is 0.226 e. The lowest BCUT2D eigenvalue weighted by atomic mass is 10.0. The third-order valence-corrected chi connectivity index (χ3v) is 9.48. The number of hydrogen-bond acceptors (Lipinski definition) is 7. The number of nitrogens with zero attached hydrogens (tertiary/aromatic N) is 5. The molecule has 1 aromatic heterocycles. The SMILES string of the molecule is O=C(Cc1ccc2c(cnn2-c2ccc(CC(=O)N3CCC(N4CCOCC4)CC3)cc2)c1)c1ccc(N2CCOCC2)cc1. The minimum Gasteiger partial charge on any atom is -0.379 e. The molecule has 9 nitrogen and oxygen atoms in total. The van der Waals surface area contributed by atoms with Crippen molar-refractivity contribution in [3.05, 3.63) is 89.6 Å². The van der Waals surface area contributed by atoms with Gasteiger partial charge in [-0.3, -0.25) is 14.5 Å². The van der Waals surface area contributed by atoms with E-state index in [0.717, 1.165) is 118 Å². The second-order valence-corrected chi connectivity index (χ2v) is 12.3. The summed E-state index contributed by atoms with van der Waals surface area (Å²) in [7, 11) is 0. The van der Waals surface area contributed by atoms with E-state index >= 15 is 0 Å². The molecule has 3 saturated heterocycles. The lowest BCUT2D eigenvalue weighted by Gasteiger charge is -2.40. The molecule has 45 heavy (non-hydrogen) atoms. The molecule has 234 valence electrons. The summed E-state index contributed by atoms with van der Waals surface area (Å²) >= 11 is 0. The van der Waals surface area contributed by atoms with Crippen molar-refractivity contribution in [3.8, 4) is 5.69 Å². The molecule has 0 bridgehead atoms. The van der Waals surface area contributed by atoms with Crippen LogP contribution >= 0.6 is 0 Å². The number of piperidine rings is 1. The molecule has 0 radical (unpaired) electrons. The van der Waals surface area contributed by atoms with Gasteiger partial charge in [0.2, 0.25) is 5.91 Å². The Labute approximate surface area is 264 Å². The Bertz CT molecular complexity index is 1610. The molecule has 9 heteroatoms. The number of rotatable bonds is 8. The lowest BCUT2D eigenvalue weighted by molar-refractivity contribution is -0.132. The van der Waals surface area contributed by atoms with Crippen molar-refractivity contribution in [2.24, 2.45) is 0 Å². The number of likely N-dealkylation sites (tertiary alicyclic amines) is 1. The van der Waals surface area contributed by atoms with E-state index < -0.39 is 0 Å². The Balaban J connectivity index is 0.944. The van der Waals surface area contributed by atoms with Crippen LogP contribution in [0.25, 0.3) is 16.6 Å². The fraction of sp³-hybridized carbons (Fsp3) is 0.417. The van der Waals surface area contributed by atoms with Gasteiger partial charge in [0, 0.05) is 68.4 Å². The highest BCUT2D eigenvalue weighted by Crippen LogP contribution is 2.23. The molecule has 7 rings (SSSR count). The number of hydrogen-bond donors (Lipinski definition) is 0. The fourth-order valence-corrected chi connectivity index (χ4v) is 6.83. The van der Waals surface area contributed by atoms with Gasteiger partial charge in [-0.05, 0) is 72.5 Å². The van der Waals surface area contributed by atoms with Crippen molar-refractivity contribution in [1.82, 2.24) is 19.6 Å². The van der Waals surface area contributed by atoms with E-state index in [1.165, 1.54) is 0 Å². The number of morpholine rings is 2. The third-order valence-electron chi connectivity index (χ3n) is 9.48. The summed E-state index contributed by atoms with van der Waals surface area (Å²) in [6, 6.07) is 22.7. The summed E-state index contributed by atoms with van der Waals surface area (Å²) < 4.78 is 12.8. The Kier molecular flexibility index (Phi) is 8.91. The Morgan fingerprint density at radius 2 is 1.36 bits per heavy atom. The molecular formula is C36H41N5O4. The predicted octanol–water partition coefficient (Wildman–Crippen LogP) is 4.15. The molecule has 0 aliphatic carbocycles. The average Bonchev–Trinajstić information content (AvgIpc) is 3.53. The largest absolute Gasteiger partial charge is 0.379 e. The molecule has 0 unspecified atom stereocenters. The van der Waals surface area contributed by atoms with Crippen LogP contribution in [0, 0.1) is 0 Å². The first-order chi connectivity index (χ1) is 22.1. The maximum absolute atomic E-state index is 13.1. The lowest BCUT2D eigenvalue weighted by Crippen LogP contribution is -2.50. The van der Waals surface area contributed by atoms with Crippen LogP contribution in [0.3, 0.4) is 0 Å². The van der Waals surface area contributed by atoms with Crippen LogP contribution < -0.4 is 4.90 Å². The summed E-state index contributed by atoms with van der Waals surface area (Å²) in [4.78, 5) is 33.0. The van der Waals surface area contributed by atoms with Crippen LogP contribution in [0.2, 0.25) is 0 Å². The van der Waals surface area contributed by atoms with Crippen molar-refractivity contribution in [1.29, 1.82) is 0 Å². The number of ether oxygens (including phenoxy) is 2. The van der Waals surface area contributed by atoms with Gasteiger partial charge in [-0.2, -0.15) is 5.10 Å². The first kappa shape index (κ1) is 29.6. The second kappa shape index (κ2) is 13.5. The smallest absolute Gasteiger partial charge is 0.226 e. The van der Waals surface area contributed by atoms with E-state index in [1.54, 1.807) is 0 Å². The van der Waals surface area contributed by atoms with Gasteiger partial charge in [-0.15, -0.1) is 0 Å². The van der Waals surface area contributed by atoms with Crippen molar-refractivity contribution >= 4 is 28.3 Å². The fourth-order valence-electron chi connectivity index (χ4n) is 6.83. The molecule has 4 heterocycles. The number of anilines is 1. The molecule has 4 aromatic rings. The van der Waals surface area contributed by atoms with Crippen molar-refractivity contribution < 1.29 is 19.1 Å². The molecule has 0 N–H and O–H groups in total. The first-order valence-corrected chi connectivity index (χ1v) is 16.2. The molecule has 0 spiro atoms. The maximum atomic E-state index is 13.1. The zero-order chi connectivity index (χ0) is 30.6. The monoisotopic (exact) mass is 607 g/mol. The predicted molar refractivity (Wildman–Crippen MR) is 174 cm³/mol. The first-order valence-electron chi connectivity index (χ1n) is 16.2. The molecule has 3 aliphatic heterocycles. The number of carbonyl (C=O) groups excluding carboxylic acids is 2. The highest BCUT2D eigenvalue weighted by molar-refractivity contribution is 5.98. The van der Waals surface area contributed by atoms with Crippen molar-refractivity contribution in [2.75, 3.05) is 70.6 Å². The summed E-state index contributed by atoms with van der Waals surface area (Å²) in [5, 5.41) is 5.63. The third kappa shape index (κ3) is 6.81. The Morgan fingerprint density at radius 3 is 2.07 bits per heavy atom. The molecule has 3 aromatic carbocycles. The van der Waals surface area contributed by atoms with Crippen LogP contribution in [0.15, 0.2) is 72.9 Å². The van der Waals surface area contributed by atoms with Crippen LogP contribution in [0.4, 0.5) is 5.69 Å². The average molecular weight is 608 g/mol. The summed E-state index contributed by atoms with van der Waals surface area (Å²) in [6.07, 6.45) is 4.67. The van der Waals surface area contributed by atoms with E-state index in [0.29, 0.717) is 18.9 Å². The molecule has 0 saturated carbocycles.